The zero-order valence-corrected chi connectivity index (χ0v) is 15.1. The van der Waals surface area contributed by atoms with Crippen LogP contribution in [-0.2, 0) is 0 Å². The molecule has 0 heterocycles. The van der Waals surface area contributed by atoms with Gasteiger partial charge in [0, 0.05) is 0 Å². The van der Waals surface area contributed by atoms with Gasteiger partial charge >= 0.3 is 0 Å². The fraction of sp³-hybridized carbons (Fsp3) is 0.364. The van der Waals surface area contributed by atoms with Crippen LogP contribution >= 0.6 is 0 Å². The molecule has 0 spiro atoms. The number of benzene rings is 2. The van der Waals surface area contributed by atoms with Gasteiger partial charge in [0.15, 0.2) is 12.6 Å². The molecule has 0 N–H and O–H groups in total. The number of para-hydroxylation sites is 2. The average Bonchev–Trinajstić information content (AvgIpc) is 2.70. The minimum atomic E-state index is 0.601. The molecule has 0 saturated carbocycles. The van der Waals surface area contributed by atoms with Crippen molar-refractivity contribution in [2.24, 2.45) is 0 Å². The number of hydrogen-bond acceptors (Lipinski definition) is 4. The zero-order valence-electron chi connectivity index (χ0n) is 15.1. The summed E-state index contributed by atoms with van der Waals surface area (Å²) in [6.45, 7) is 1.27. The predicted molar refractivity (Wildman–Crippen MR) is 102 cm³/mol. The van der Waals surface area contributed by atoms with Gasteiger partial charge in [0.2, 0.25) is 0 Å². The number of hydrogen-bond donors (Lipinski definition) is 0. The Morgan fingerprint density at radius 2 is 0.962 bits per heavy atom. The summed E-state index contributed by atoms with van der Waals surface area (Å²) in [6.07, 6.45) is 8.14. The van der Waals surface area contributed by atoms with E-state index in [-0.39, 0.29) is 0 Å². The fourth-order valence-electron chi connectivity index (χ4n) is 2.69. The molecule has 0 radical (unpaired) electrons. The Bertz CT molecular complexity index is 622. The molecular formula is C22H26O4. The summed E-state index contributed by atoms with van der Waals surface area (Å²) >= 11 is 0. The summed E-state index contributed by atoms with van der Waals surface area (Å²) in [5.41, 5.74) is 1.20. The number of ether oxygens (including phenoxy) is 2. The summed E-state index contributed by atoms with van der Waals surface area (Å²) in [5, 5.41) is 0. The lowest BCUT2D eigenvalue weighted by Gasteiger charge is -2.09. The van der Waals surface area contributed by atoms with E-state index in [1.54, 1.807) is 12.1 Å². The molecule has 4 nitrogen and oxygen atoms in total. The standard InChI is InChI=1S/C22H26O4/c23-17-19-11-5-7-13-21(19)25-15-9-3-1-2-4-10-16-26-22-14-8-6-12-20(22)18-24/h5-8,11-14,17-18H,1-4,9-10,15-16H2. The molecule has 0 aliphatic heterocycles. The summed E-state index contributed by atoms with van der Waals surface area (Å²) in [4.78, 5) is 21.8. The van der Waals surface area contributed by atoms with Gasteiger partial charge in [0.25, 0.3) is 0 Å². The van der Waals surface area contributed by atoms with Gasteiger partial charge in [-0.05, 0) is 37.1 Å². The third-order valence-electron chi connectivity index (χ3n) is 4.15. The van der Waals surface area contributed by atoms with E-state index in [0.29, 0.717) is 35.8 Å². The molecule has 0 fully saturated rings. The van der Waals surface area contributed by atoms with Crippen molar-refractivity contribution in [3.05, 3.63) is 59.7 Å². The van der Waals surface area contributed by atoms with E-state index >= 15 is 0 Å². The van der Waals surface area contributed by atoms with Crippen LogP contribution in [0.25, 0.3) is 0 Å². The van der Waals surface area contributed by atoms with E-state index in [9.17, 15) is 9.59 Å². The Morgan fingerprint density at radius 1 is 0.577 bits per heavy atom. The van der Waals surface area contributed by atoms with E-state index in [2.05, 4.69) is 0 Å². The topological polar surface area (TPSA) is 52.6 Å². The third kappa shape index (κ3) is 6.71. The maximum Gasteiger partial charge on any atom is 0.153 e. The predicted octanol–water partition coefficient (Wildman–Crippen LogP) is 5.11. The molecular weight excluding hydrogens is 328 g/mol. The SMILES string of the molecule is O=Cc1ccccc1OCCCCCCCCOc1ccccc1C=O. The maximum absolute atomic E-state index is 10.9. The summed E-state index contributed by atoms with van der Waals surface area (Å²) in [7, 11) is 0. The van der Waals surface area contributed by atoms with Crippen molar-refractivity contribution in [1.29, 1.82) is 0 Å². The highest BCUT2D eigenvalue weighted by Crippen LogP contribution is 2.17. The molecule has 0 bridgehead atoms. The van der Waals surface area contributed by atoms with Crippen LogP contribution < -0.4 is 9.47 Å². The van der Waals surface area contributed by atoms with Crippen molar-refractivity contribution >= 4 is 12.6 Å². The first kappa shape index (κ1) is 19.7. The highest BCUT2D eigenvalue weighted by Gasteiger charge is 2.02. The van der Waals surface area contributed by atoms with Gasteiger partial charge in [-0.25, -0.2) is 0 Å². The van der Waals surface area contributed by atoms with Crippen LogP contribution in [-0.4, -0.2) is 25.8 Å². The minimum absolute atomic E-state index is 0.601. The second kappa shape index (κ2) is 11.9. The second-order valence-corrected chi connectivity index (χ2v) is 6.13. The molecule has 0 amide bonds. The van der Waals surface area contributed by atoms with Gasteiger partial charge in [0.05, 0.1) is 24.3 Å². The third-order valence-corrected chi connectivity index (χ3v) is 4.15. The number of aldehydes is 2. The van der Waals surface area contributed by atoms with Crippen molar-refractivity contribution in [3.63, 3.8) is 0 Å². The lowest BCUT2D eigenvalue weighted by molar-refractivity contribution is 0.111. The molecule has 0 aliphatic carbocycles. The molecule has 138 valence electrons. The van der Waals surface area contributed by atoms with Crippen molar-refractivity contribution in [2.45, 2.75) is 38.5 Å². The van der Waals surface area contributed by atoms with Crippen molar-refractivity contribution in [3.8, 4) is 11.5 Å². The highest BCUT2D eigenvalue weighted by atomic mass is 16.5. The Kier molecular flexibility index (Phi) is 8.98. The average molecular weight is 354 g/mol. The Morgan fingerprint density at radius 3 is 1.38 bits per heavy atom. The van der Waals surface area contributed by atoms with Crippen LogP contribution in [0.3, 0.4) is 0 Å². The van der Waals surface area contributed by atoms with E-state index in [0.717, 1.165) is 51.1 Å². The largest absolute Gasteiger partial charge is 0.493 e. The van der Waals surface area contributed by atoms with Gasteiger partial charge in [-0.2, -0.15) is 0 Å². The van der Waals surface area contributed by atoms with E-state index in [1.807, 2.05) is 36.4 Å². The fourth-order valence-corrected chi connectivity index (χ4v) is 2.69. The molecule has 0 unspecified atom stereocenters. The maximum atomic E-state index is 10.9. The monoisotopic (exact) mass is 354 g/mol. The second-order valence-electron chi connectivity index (χ2n) is 6.13. The van der Waals surface area contributed by atoms with Crippen molar-refractivity contribution in [1.82, 2.24) is 0 Å². The van der Waals surface area contributed by atoms with Gasteiger partial charge < -0.3 is 9.47 Å². The van der Waals surface area contributed by atoms with E-state index in [1.165, 1.54) is 0 Å². The summed E-state index contributed by atoms with van der Waals surface area (Å²) < 4.78 is 11.3. The van der Waals surface area contributed by atoms with Crippen molar-refractivity contribution in [2.75, 3.05) is 13.2 Å². The molecule has 0 aromatic heterocycles. The number of carbonyl (C=O) groups is 2. The van der Waals surface area contributed by atoms with Gasteiger partial charge in [0.1, 0.15) is 11.5 Å². The Labute approximate surface area is 155 Å². The molecule has 2 aromatic rings. The number of unbranched alkanes of at least 4 members (excludes halogenated alkanes) is 5. The normalized spacial score (nSPS) is 10.3. The zero-order chi connectivity index (χ0) is 18.5. The van der Waals surface area contributed by atoms with Crippen LogP contribution in [0, 0.1) is 0 Å². The van der Waals surface area contributed by atoms with E-state index < -0.39 is 0 Å². The Hall–Kier alpha value is -2.62. The summed E-state index contributed by atoms with van der Waals surface area (Å²) in [6, 6.07) is 14.6. The van der Waals surface area contributed by atoms with Crippen molar-refractivity contribution < 1.29 is 19.1 Å². The molecule has 2 rings (SSSR count). The van der Waals surface area contributed by atoms with Crippen LogP contribution in [0.1, 0.15) is 59.2 Å². The smallest absolute Gasteiger partial charge is 0.153 e. The molecule has 0 saturated heterocycles. The highest BCUT2D eigenvalue weighted by molar-refractivity contribution is 5.79. The van der Waals surface area contributed by atoms with Crippen LogP contribution in [0.15, 0.2) is 48.5 Å². The van der Waals surface area contributed by atoms with Gasteiger partial charge in [-0.1, -0.05) is 49.9 Å². The number of rotatable bonds is 13. The molecule has 0 aliphatic rings. The lowest BCUT2D eigenvalue weighted by Crippen LogP contribution is -2.00. The summed E-state index contributed by atoms with van der Waals surface area (Å²) in [5.74, 6) is 1.32. The number of carbonyl (C=O) groups excluding carboxylic acids is 2. The first-order valence-corrected chi connectivity index (χ1v) is 9.19. The quantitative estimate of drug-likeness (QED) is 0.370. The minimum Gasteiger partial charge on any atom is -0.493 e. The molecule has 4 heteroatoms. The van der Waals surface area contributed by atoms with Gasteiger partial charge in [-0.15, -0.1) is 0 Å². The van der Waals surface area contributed by atoms with Crippen LogP contribution in [0.4, 0.5) is 0 Å². The van der Waals surface area contributed by atoms with Gasteiger partial charge in [-0.3, -0.25) is 9.59 Å². The van der Waals surface area contributed by atoms with Crippen LogP contribution in [0.2, 0.25) is 0 Å². The first-order chi connectivity index (χ1) is 12.8. The lowest BCUT2D eigenvalue weighted by atomic mass is 10.1. The van der Waals surface area contributed by atoms with Crippen LogP contribution in [0.5, 0.6) is 11.5 Å². The molecule has 26 heavy (non-hydrogen) atoms. The van der Waals surface area contributed by atoms with E-state index in [4.69, 9.17) is 9.47 Å². The Balaban J connectivity index is 1.48. The molecule has 2 aromatic carbocycles. The first-order valence-electron chi connectivity index (χ1n) is 9.19. The molecule has 0 atom stereocenters.